The maximum absolute atomic E-state index is 12.9. The van der Waals surface area contributed by atoms with Crippen LogP contribution in [0.3, 0.4) is 0 Å². The van der Waals surface area contributed by atoms with Crippen LogP contribution in [0.15, 0.2) is 18.2 Å². The summed E-state index contributed by atoms with van der Waals surface area (Å²) in [6.45, 7) is 2.98. The van der Waals surface area contributed by atoms with Gasteiger partial charge in [-0.25, -0.2) is 0 Å². The van der Waals surface area contributed by atoms with Gasteiger partial charge in [0.2, 0.25) is 11.8 Å². The zero-order valence-corrected chi connectivity index (χ0v) is 16.3. The van der Waals surface area contributed by atoms with E-state index in [1.165, 1.54) is 0 Å². The topological polar surface area (TPSA) is 71.1 Å². The Morgan fingerprint density at radius 2 is 1.96 bits per heavy atom. The Bertz CT molecular complexity index is 714. The van der Waals surface area contributed by atoms with Crippen molar-refractivity contribution in [2.45, 2.75) is 25.3 Å². The summed E-state index contributed by atoms with van der Waals surface area (Å²) < 4.78 is 11.1. The van der Waals surface area contributed by atoms with Crippen molar-refractivity contribution < 1.29 is 19.1 Å². The fourth-order valence-electron chi connectivity index (χ4n) is 3.99. The van der Waals surface area contributed by atoms with Gasteiger partial charge < -0.3 is 24.6 Å². The Hall–Kier alpha value is -1.99. The second kappa shape index (κ2) is 8.35. The van der Waals surface area contributed by atoms with Crippen molar-refractivity contribution >= 4 is 29.9 Å². The molecule has 2 fully saturated rings. The van der Waals surface area contributed by atoms with E-state index in [1.54, 1.807) is 4.90 Å². The summed E-state index contributed by atoms with van der Waals surface area (Å²) in [5.74, 6) is 1.17. The second-order valence-electron chi connectivity index (χ2n) is 7.15. The molecular weight excluding hydrogens is 370 g/mol. The van der Waals surface area contributed by atoms with Gasteiger partial charge >= 0.3 is 0 Å². The van der Waals surface area contributed by atoms with E-state index >= 15 is 0 Å². The molecule has 1 aromatic carbocycles. The summed E-state index contributed by atoms with van der Waals surface area (Å²) in [6.07, 6.45) is 2.37. The van der Waals surface area contributed by atoms with Crippen molar-refractivity contribution in [3.63, 3.8) is 0 Å². The molecule has 3 aliphatic heterocycles. The predicted octanol–water partition coefficient (Wildman–Crippen LogP) is 1.44. The number of carbonyl (C=O) groups is 2. The lowest BCUT2D eigenvalue weighted by atomic mass is 10.0. The summed E-state index contributed by atoms with van der Waals surface area (Å²) in [5.41, 5.74) is 0.765. The predicted molar refractivity (Wildman–Crippen MR) is 104 cm³/mol. The number of halogens is 1. The molecule has 27 heavy (non-hydrogen) atoms. The highest BCUT2D eigenvalue weighted by atomic mass is 35.5. The molecule has 2 amide bonds. The van der Waals surface area contributed by atoms with Gasteiger partial charge in [-0.1, -0.05) is 0 Å². The van der Waals surface area contributed by atoms with Gasteiger partial charge in [-0.05, 0) is 32.0 Å². The molecule has 2 unspecified atom stereocenters. The van der Waals surface area contributed by atoms with Gasteiger partial charge in [-0.15, -0.1) is 12.4 Å². The number of rotatable bonds is 3. The number of anilines is 1. The van der Waals surface area contributed by atoms with Gasteiger partial charge in [-0.2, -0.15) is 0 Å². The first-order chi connectivity index (χ1) is 12.7. The molecular formula is C19H26ClN3O4. The van der Waals surface area contributed by atoms with Crippen molar-refractivity contribution in [3.8, 4) is 11.5 Å². The Kier molecular flexibility index (Phi) is 6.11. The van der Waals surface area contributed by atoms with Crippen LogP contribution < -0.4 is 19.7 Å². The summed E-state index contributed by atoms with van der Waals surface area (Å²) in [4.78, 5) is 29.0. The van der Waals surface area contributed by atoms with Gasteiger partial charge in [0, 0.05) is 43.9 Å². The van der Waals surface area contributed by atoms with E-state index in [1.807, 2.05) is 30.1 Å². The van der Waals surface area contributed by atoms with E-state index in [0.717, 1.165) is 31.6 Å². The molecule has 3 heterocycles. The van der Waals surface area contributed by atoms with Gasteiger partial charge in [0.05, 0.1) is 5.92 Å². The molecule has 1 N–H and O–H groups in total. The number of fused-ring (bicyclic) bond motifs is 1. The van der Waals surface area contributed by atoms with E-state index < -0.39 is 0 Å². The highest BCUT2D eigenvalue weighted by molar-refractivity contribution is 6.00. The van der Waals surface area contributed by atoms with Crippen LogP contribution in [0.25, 0.3) is 0 Å². The zero-order valence-electron chi connectivity index (χ0n) is 15.5. The van der Waals surface area contributed by atoms with Crippen molar-refractivity contribution in [2.24, 2.45) is 5.92 Å². The summed E-state index contributed by atoms with van der Waals surface area (Å²) in [7, 11) is 1.93. The first kappa shape index (κ1) is 19.8. The lowest BCUT2D eigenvalue weighted by Crippen LogP contribution is -2.49. The van der Waals surface area contributed by atoms with Gasteiger partial charge in [0.15, 0.2) is 11.5 Å². The number of nitrogens with zero attached hydrogens (tertiary/aromatic N) is 2. The van der Waals surface area contributed by atoms with E-state index in [-0.39, 0.29) is 36.6 Å². The first-order valence-electron chi connectivity index (χ1n) is 9.32. The fraction of sp³-hybridized carbons (Fsp3) is 0.579. The van der Waals surface area contributed by atoms with Crippen LogP contribution in [-0.2, 0) is 9.59 Å². The number of hydrogen-bond acceptors (Lipinski definition) is 5. The Morgan fingerprint density at radius 1 is 1.19 bits per heavy atom. The van der Waals surface area contributed by atoms with Crippen molar-refractivity contribution in [3.05, 3.63) is 18.2 Å². The molecule has 7 nitrogen and oxygen atoms in total. The first-order valence-corrected chi connectivity index (χ1v) is 9.32. The molecule has 148 valence electrons. The molecule has 3 aliphatic rings. The number of likely N-dealkylation sites (tertiary alicyclic amines) is 1. The third kappa shape index (κ3) is 3.99. The lowest BCUT2D eigenvalue weighted by Gasteiger charge is -2.34. The van der Waals surface area contributed by atoms with Crippen LogP contribution in [0.1, 0.15) is 19.3 Å². The average Bonchev–Trinajstić information content (AvgIpc) is 3.08. The minimum Gasteiger partial charge on any atom is -0.486 e. The molecule has 2 atom stereocenters. The minimum atomic E-state index is -0.272. The summed E-state index contributed by atoms with van der Waals surface area (Å²) in [5, 5.41) is 3.25. The molecule has 0 saturated carbocycles. The third-order valence-electron chi connectivity index (χ3n) is 5.45. The quantitative estimate of drug-likeness (QED) is 0.838. The molecule has 8 heteroatoms. The molecule has 0 bridgehead atoms. The molecule has 4 rings (SSSR count). The molecule has 1 aromatic rings. The van der Waals surface area contributed by atoms with Crippen LogP contribution in [0.2, 0.25) is 0 Å². The van der Waals surface area contributed by atoms with Crippen LogP contribution in [0, 0.1) is 5.92 Å². The third-order valence-corrected chi connectivity index (χ3v) is 5.45. The van der Waals surface area contributed by atoms with Gasteiger partial charge in [0.1, 0.15) is 13.2 Å². The summed E-state index contributed by atoms with van der Waals surface area (Å²) in [6, 6.07) is 5.86. The number of amides is 2. The van der Waals surface area contributed by atoms with Gasteiger partial charge in [0.25, 0.3) is 0 Å². The zero-order chi connectivity index (χ0) is 18.1. The second-order valence-corrected chi connectivity index (χ2v) is 7.15. The minimum absolute atomic E-state index is 0. The Labute approximate surface area is 165 Å². The smallest absolute Gasteiger partial charge is 0.228 e. The maximum Gasteiger partial charge on any atom is 0.228 e. The Balaban J connectivity index is 0.00000210. The standard InChI is InChI=1S/C19H25N3O4.ClH/c1-20-14-3-2-6-21(12-14)19(24)13-9-18(23)22(11-13)15-4-5-16-17(10-15)26-8-7-25-16;/h4-5,10,13-14,20H,2-3,6-9,11-12H2,1H3;1H. The molecule has 0 aromatic heterocycles. The number of piperidine rings is 1. The van der Waals surface area contributed by atoms with Crippen LogP contribution in [-0.4, -0.2) is 62.7 Å². The van der Waals surface area contributed by atoms with E-state index in [0.29, 0.717) is 37.3 Å². The van der Waals surface area contributed by atoms with Crippen LogP contribution >= 0.6 is 12.4 Å². The fourth-order valence-corrected chi connectivity index (χ4v) is 3.99. The monoisotopic (exact) mass is 395 g/mol. The Morgan fingerprint density at radius 3 is 2.74 bits per heavy atom. The number of nitrogens with one attached hydrogen (secondary N) is 1. The number of ether oxygens (including phenoxy) is 2. The highest BCUT2D eigenvalue weighted by Gasteiger charge is 2.38. The highest BCUT2D eigenvalue weighted by Crippen LogP contribution is 2.36. The molecule has 0 aliphatic carbocycles. The number of benzene rings is 1. The van der Waals surface area contributed by atoms with E-state index in [4.69, 9.17) is 9.47 Å². The normalized spacial score (nSPS) is 24.6. The van der Waals surface area contributed by atoms with Crippen molar-refractivity contribution in [2.75, 3.05) is 44.8 Å². The maximum atomic E-state index is 12.9. The summed E-state index contributed by atoms with van der Waals surface area (Å²) >= 11 is 0. The van der Waals surface area contributed by atoms with E-state index in [9.17, 15) is 9.59 Å². The van der Waals surface area contributed by atoms with Crippen molar-refractivity contribution in [1.29, 1.82) is 0 Å². The van der Waals surface area contributed by atoms with E-state index in [2.05, 4.69) is 5.32 Å². The molecule has 0 spiro atoms. The number of hydrogen-bond donors (Lipinski definition) is 1. The lowest BCUT2D eigenvalue weighted by molar-refractivity contribution is -0.137. The molecule has 0 radical (unpaired) electrons. The average molecular weight is 396 g/mol. The largest absolute Gasteiger partial charge is 0.486 e. The number of likely N-dealkylation sites (N-methyl/N-ethyl adjacent to an activating group) is 1. The van der Waals surface area contributed by atoms with Crippen molar-refractivity contribution in [1.82, 2.24) is 10.2 Å². The van der Waals surface area contributed by atoms with Crippen LogP contribution in [0.4, 0.5) is 5.69 Å². The van der Waals surface area contributed by atoms with Gasteiger partial charge in [-0.3, -0.25) is 9.59 Å². The molecule has 2 saturated heterocycles. The van der Waals surface area contributed by atoms with Crippen LogP contribution in [0.5, 0.6) is 11.5 Å². The number of carbonyl (C=O) groups excluding carboxylic acids is 2. The SMILES string of the molecule is CNC1CCCN(C(=O)C2CC(=O)N(c3ccc4c(c3)OCCO4)C2)C1.Cl.